The van der Waals surface area contributed by atoms with Crippen LogP contribution in [-0.2, 0) is 21.4 Å². The minimum Gasteiger partial charge on any atom is -0.350 e. The van der Waals surface area contributed by atoms with Gasteiger partial charge in [0.1, 0.15) is 12.4 Å². The number of anilines is 1. The first-order valence-corrected chi connectivity index (χ1v) is 10.5. The molecule has 3 aromatic carbocycles. The summed E-state index contributed by atoms with van der Waals surface area (Å²) in [5.74, 6) is -1.02. The molecule has 0 bridgehead atoms. The fourth-order valence-electron chi connectivity index (χ4n) is 2.69. The zero-order valence-corrected chi connectivity index (χ0v) is 16.8. The highest BCUT2D eigenvalue weighted by Crippen LogP contribution is 2.25. The van der Waals surface area contributed by atoms with E-state index in [2.05, 4.69) is 5.32 Å². The molecule has 150 valence electrons. The molecule has 0 saturated heterocycles. The molecular formula is C21H18ClFN2O3S. The molecule has 0 saturated carbocycles. The Balaban J connectivity index is 1.86. The van der Waals surface area contributed by atoms with Crippen LogP contribution in [0.4, 0.5) is 10.1 Å². The maximum atomic E-state index is 13.8. The highest BCUT2D eigenvalue weighted by molar-refractivity contribution is 7.92. The predicted molar refractivity (Wildman–Crippen MR) is 111 cm³/mol. The van der Waals surface area contributed by atoms with Gasteiger partial charge in [-0.3, -0.25) is 9.10 Å². The van der Waals surface area contributed by atoms with Gasteiger partial charge in [0, 0.05) is 17.1 Å². The minimum atomic E-state index is -4.02. The predicted octanol–water partition coefficient (Wildman–Crippen LogP) is 3.99. The third-order valence-corrected chi connectivity index (χ3v) is 6.17. The van der Waals surface area contributed by atoms with Crippen molar-refractivity contribution in [2.75, 3.05) is 10.8 Å². The number of hydrogen-bond donors (Lipinski definition) is 1. The van der Waals surface area contributed by atoms with Gasteiger partial charge in [-0.05, 0) is 36.4 Å². The number of hydrogen-bond acceptors (Lipinski definition) is 3. The van der Waals surface area contributed by atoms with Crippen molar-refractivity contribution in [3.05, 3.63) is 95.3 Å². The van der Waals surface area contributed by atoms with Crippen molar-refractivity contribution in [1.82, 2.24) is 5.32 Å². The van der Waals surface area contributed by atoms with E-state index in [4.69, 9.17) is 11.6 Å². The largest absolute Gasteiger partial charge is 0.350 e. The second-order valence-electron chi connectivity index (χ2n) is 6.17. The lowest BCUT2D eigenvalue weighted by Gasteiger charge is -2.24. The first-order valence-electron chi connectivity index (χ1n) is 8.71. The van der Waals surface area contributed by atoms with Gasteiger partial charge >= 0.3 is 0 Å². The van der Waals surface area contributed by atoms with Gasteiger partial charge in [0.05, 0.1) is 10.6 Å². The number of halogens is 2. The molecule has 0 fully saturated rings. The Bertz CT molecular complexity index is 1110. The summed E-state index contributed by atoms with van der Waals surface area (Å²) < 4.78 is 41.0. The second kappa shape index (κ2) is 9.07. The summed E-state index contributed by atoms with van der Waals surface area (Å²) in [6.45, 7) is -0.535. The highest BCUT2D eigenvalue weighted by atomic mass is 35.5. The van der Waals surface area contributed by atoms with Crippen LogP contribution in [0.25, 0.3) is 0 Å². The third kappa shape index (κ3) is 5.13. The molecular weight excluding hydrogens is 415 g/mol. The van der Waals surface area contributed by atoms with Crippen LogP contribution in [0.3, 0.4) is 0 Å². The molecule has 8 heteroatoms. The average molecular weight is 433 g/mol. The molecule has 0 spiro atoms. The lowest BCUT2D eigenvalue weighted by molar-refractivity contribution is -0.119. The van der Waals surface area contributed by atoms with Gasteiger partial charge in [0.25, 0.3) is 10.0 Å². The van der Waals surface area contributed by atoms with Crippen molar-refractivity contribution < 1.29 is 17.6 Å². The first-order chi connectivity index (χ1) is 13.9. The van der Waals surface area contributed by atoms with Gasteiger partial charge in [0.15, 0.2) is 0 Å². The van der Waals surface area contributed by atoms with Crippen LogP contribution in [-0.4, -0.2) is 20.9 Å². The summed E-state index contributed by atoms with van der Waals surface area (Å²) in [6, 6.07) is 20.1. The van der Waals surface area contributed by atoms with Crippen LogP contribution in [0.1, 0.15) is 5.56 Å². The lowest BCUT2D eigenvalue weighted by Crippen LogP contribution is -2.40. The smallest absolute Gasteiger partial charge is 0.264 e. The topological polar surface area (TPSA) is 66.5 Å². The number of carbonyl (C=O) groups excluding carboxylic acids is 1. The summed E-state index contributed by atoms with van der Waals surface area (Å²) in [4.78, 5) is 12.5. The van der Waals surface area contributed by atoms with Crippen molar-refractivity contribution in [3.63, 3.8) is 0 Å². The fraction of sp³-hybridized carbons (Fsp3) is 0.0952. The number of benzene rings is 3. The monoisotopic (exact) mass is 432 g/mol. The van der Waals surface area contributed by atoms with E-state index in [1.165, 1.54) is 24.3 Å². The molecule has 0 aliphatic heterocycles. The van der Waals surface area contributed by atoms with Gasteiger partial charge in [-0.15, -0.1) is 0 Å². The molecule has 0 aliphatic carbocycles. The molecule has 0 atom stereocenters. The molecule has 0 radical (unpaired) electrons. The van der Waals surface area contributed by atoms with Crippen molar-refractivity contribution in [2.24, 2.45) is 0 Å². The van der Waals surface area contributed by atoms with E-state index in [1.54, 1.807) is 54.6 Å². The van der Waals surface area contributed by atoms with Crippen molar-refractivity contribution in [1.29, 1.82) is 0 Å². The number of sulfonamides is 1. The van der Waals surface area contributed by atoms with Gasteiger partial charge < -0.3 is 5.32 Å². The van der Waals surface area contributed by atoms with Crippen LogP contribution >= 0.6 is 11.6 Å². The highest BCUT2D eigenvalue weighted by Gasteiger charge is 2.27. The van der Waals surface area contributed by atoms with E-state index in [0.29, 0.717) is 10.6 Å². The molecule has 5 nitrogen and oxygen atoms in total. The maximum Gasteiger partial charge on any atom is 0.264 e. The summed E-state index contributed by atoms with van der Waals surface area (Å²) >= 11 is 6.02. The van der Waals surface area contributed by atoms with Crippen LogP contribution in [0.2, 0.25) is 5.02 Å². The molecule has 0 unspecified atom stereocenters. The lowest BCUT2D eigenvalue weighted by atomic mass is 10.2. The number of rotatable bonds is 7. The SMILES string of the molecule is O=C(CN(c1cccc(Cl)c1)S(=O)(=O)c1ccccc1)NCc1ccccc1F. The van der Waals surface area contributed by atoms with Crippen LogP contribution in [0.15, 0.2) is 83.8 Å². The fourth-order valence-corrected chi connectivity index (χ4v) is 4.31. The standard InChI is InChI=1S/C21H18ClFN2O3S/c22-17-8-6-9-18(13-17)25(29(27,28)19-10-2-1-3-11-19)15-21(26)24-14-16-7-4-5-12-20(16)23/h1-13H,14-15H2,(H,24,26). The normalized spacial score (nSPS) is 11.1. The van der Waals surface area contributed by atoms with Crippen molar-refractivity contribution >= 4 is 33.2 Å². The molecule has 3 aromatic rings. The van der Waals surface area contributed by atoms with Crippen LogP contribution in [0.5, 0.6) is 0 Å². The zero-order valence-electron chi connectivity index (χ0n) is 15.3. The number of nitrogens with one attached hydrogen (secondary N) is 1. The molecule has 1 N–H and O–H groups in total. The Hall–Kier alpha value is -2.90. The van der Waals surface area contributed by atoms with Crippen LogP contribution < -0.4 is 9.62 Å². The molecule has 0 aromatic heterocycles. The summed E-state index contributed by atoms with van der Waals surface area (Å²) in [6.07, 6.45) is 0. The van der Waals surface area contributed by atoms with E-state index in [9.17, 15) is 17.6 Å². The van der Waals surface area contributed by atoms with E-state index >= 15 is 0 Å². The Morgan fingerprint density at radius 3 is 2.34 bits per heavy atom. The van der Waals surface area contributed by atoms with E-state index in [0.717, 1.165) is 4.31 Å². The van der Waals surface area contributed by atoms with E-state index < -0.39 is 28.3 Å². The Labute approximate surface area is 173 Å². The second-order valence-corrected chi connectivity index (χ2v) is 8.47. The Morgan fingerprint density at radius 1 is 0.966 bits per heavy atom. The third-order valence-electron chi connectivity index (χ3n) is 4.15. The maximum absolute atomic E-state index is 13.8. The van der Waals surface area contributed by atoms with Crippen LogP contribution in [0, 0.1) is 5.82 Å². The minimum absolute atomic E-state index is 0.0434. The molecule has 1 amide bonds. The number of nitrogens with zero attached hydrogens (tertiary/aromatic N) is 1. The van der Waals surface area contributed by atoms with Gasteiger partial charge in [0.2, 0.25) is 5.91 Å². The molecule has 0 heterocycles. The Kier molecular flexibility index (Phi) is 6.51. The average Bonchev–Trinajstić information content (AvgIpc) is 2.72. The summed E-state index contributed by atoms with van der Waals surface area (Å²) in [5.41, 5.74) is 0.559. The Morgan fingerprint density at radius 2 is 1.66 bits per heavy atom. The quantitative estimate of drug-likeness (QED) is 0.613. The van der Waals surface area contributed by atoms with Gasteiger partial charge in [-0.1, -0.05) is 54.1 Å². The van der Waals surface area contributed by atoms with Crippen molar-refractivity contribution in [2.45, 2.75) is 11.4 Å². The summed E-state index contributed by atoms with van der Waals surface area (Å²) in [5, 5.41) is 2.90. The van der Waals surface area contributed by atoms with Gasteiger partial charge in [-0.25, -0.2) is 12.8 Å². The molecule has 29 heavy (non-hydrogen) atoms. The van der Waals surface area contributed by atoms with E-state index in [-0.39, 0.29) is 17.1 Å². The zero-order chi connectivity index (χ0) is 20.9. The summed E-state index contributed by atoms with van der Waals surface area (Å²) in [7, 11) is -4.02. The number of carbonyl (C=O) groups is 1. The molecule has 3 rings (SSSR count). The van der Waals surface area contributed by atoms with Crippen molar-refractivity contribution in [3.8, 4) is 0 Å². The molecule has 0 aliphatic rings. The van der Waals surface area contributed by atoms with E-state index in [1.807, 2.05) is 0 Å². The number of amides is 1. The first kappa shape index (κ1) is 20.8. The van der Waals surface area contributed by atoms with Gasteiger partial charge in [-0.2, -0.15) is 0 Å².